The third kappa shape index (κ3) is 6.14. The molecule has 1 amide bonds. The van der Waals surface area contributed by atoms with Crippen LogP contribution in [-0.4, -0.2) is 31.0 Å². The van der Waals surface area contributed by atoms with Gasteiger partial charge in [-0.3, -0.25) is 9.79 Å². The molecule has 1 fully saturated rings. The van der Waals surface area contributed by atoms with Crippen LogP contribution in [0.1, 0.15) is 45.4 Å². The van der Waals surface area contributed by atoms with Gasteiger partial charge in [-0.2, -0.15) is 0 Å². The number of aliphatic imine (C=N–C) groups is 1. The fourth-order valence-corrected chi connectivity index (χ4v) is 2.07. The highest BCUT2D eigenvalue weighted by Gasteiger charge is 2.13. The van der Waals surface area contributed by atoms with Gasteiger partial charge < -0.3 is 16.4 Å². The minimum atomic E-state index is 0.0294. The van der Waals surface area contributed by atoms with Gasteiger partial charge in [-0.15, -0.1) is 0 Å². The average Bonchev–Trinajstić information content (AvgIpc) is 2.30. The number of amides is 1. The van der Waals surface area contributed by atoms with Crippen molar-refractivity contribution >= 4 is 11.9 Å². The van der Waals surface area contributed by atoms with Crippen LogP contribution in [0.15, 0.2) is 4.99 Å². The number of nitrogens with zero attached hydrogens (tertiary/aromatic N) is 1. The Labute approximate surface area is 103 Å². The van der Waals surface area contributed by atoms with Gasteiger partial charge in [-0.25, -0.2) is 0 Å². The maximum absolute atomic E-state index is 11.2. The Morgan fingerprint density at radius 2 is 2.06 bits per heavy atom. The molecule has 4 N–H and O–H groups in total. The number of rotatable bonds is 5. The Morgan fingerprint density at radius 3 is 2.71 bits per heavy atom. The second kappa shape index (κ2) is 7.92. The molecule has 0 aromatic heterocycles. The predicted octanol–water partition coefficient (Wildman–Crippen LogP) is 0.750. The first-order valence-electron chi connectivity index (χ1n) is 6.55. The summed E-state index contributed by atoms with van der Waals surface area (Å²) in [6.45, 7) is 3.02. The molecule has 0 aliphatic heterocycles. The molecule has 0 heterocycles. The van der Waals surface area contributed by atoms with E-state index in [1.54, 1.807) is 0 Å². The van der Waals surface area contributed by atoms with Gasteiger partial charge in [0.05, 0.1) is 6.54 Å². The van der Waals surface area contributed by atoms with Crippen molar-refractivity contribution in [3.63, 3.8) is 0 Å². The molecule has 0 unspecified atom stereocenters. The Morgan fingerprint density at radius 1 is 1.35 bits per heavy atom. The van der Waals surface area contributed by atoms with Gasteiger partial charge in [0, 0.05) is 19.0 Å². The number of nitrogens with two attached hydrogens (primary N) is 1. The smallest absolute Gasteiger partial charge is 0.221 e. The minimum absolute atomic E-state index is 0.0294. The summed E-state index contributed by atoms with van der Waals surface area (Å²) in [7, 11) is 0. The number of nitrogens with one attached hydrogen (secondary N) is 2. The molecular formula is C12H24N4O. The third-order valence-electron chi connectivity index (χ3n) is 2.95. The van der Waals surface area contributed by atoms with Crippen LogP contribution in [0.5, 0.6) is 0 Å². The van der Waals surface area contributed by atoms with E-state index in [1.165, 1.54) is 32.1 Å². The van der Waals surface area contributed by atoms with Gasteiger partial charge in [0.1, 0.15) is 0 Å². The second-order valence-electron chi connectivity index (χ2n) is 4.45. The molecule has 98 valence electrons. The molecule has 0 bridgehead atoms. The van der Waals surface area contributed by atoms with E-state index in [-0.39, 0.29) is 5.91 Å². The summed E-state index contributed by atoms with van der Waals surface area (Å²) in [6.07, 6.45) is 6.61. The molecule has 0 spiro atoms. The minimum Gasteiger partial charge on any atom is -0.370 e. The molecule has 17 heavy (non-hydrogen) atoms. The Hall–Kier alpha value is -1.26. The molecule has 1 aliphatic rings. The first-order valence-corrected chi connectivity index (χ1v) is 6.55. The van der Waals surface area contributed by atoms with Crippen LogP contribution in [0.2, 0.25) is 0 Å². The van der Waals surface area contributed by atoms with Crippen molar-refractivity contribution in [2.45, 2.75) is 51.5 Å². The highest BCUT2D eigenvalue weighted by Crippen LogP contribution is 2.16. The molecule has 1 saturated carbocycles. The maximum atomic E-state index is 11.2. The van der Waals surface area contributed by atoms with Crippen molar-refractivity contribution in [1.82, 2.24) is 10.6 Å². The van der Waals surface area contributed by atoms with Crippen molar-refractivity contribution in [2.24, 2.45) is 10.7 Å². The van der Waals surface area contributed by atoms with Crippen molar-refractivity contribution in [2.75, 3.05) is 13.1 Å². The quantitative estimate of drug-likeness (QED) is 0.490. The molecule has 0 saturated heterocycles. The molecule has 0 atom stereocenters. The molecule has 1 aliphatic carbocycles. The van der Waals surface area contributed by atoms with Gasteiger partial charge in [-0.1, -0.05) is 19.3 Å². The second-order valence-corrected chi connectivity index (χ2v) is 4.45. The summed E-state index contributed by atoms with van der Waals surface area (Å²) in [5, 5.41) is 5.95. The standard InChI is InChI=1S/C12H24N4O/c1-2-14-11(17)8-9-15-12(13)16-10-6-4-3-5-7-10/h10H,2-9H2,1H3,(H,14,17)(H3,13,15,16). The van der Waals surface area contributed by atoms with Crippen LogP contribution < -0.4 is 16.4 Å². The van der Waals surface area contributed by atoms with Crippen molar-refractivity contribution in [3.8, 4) is 0 Å². The largest absolute Gasteiger partial charge is 0.370 e. The molecule has 0 radical (unpaired) electrons. The summed E-state index contributed by atoms with van der Waals surface area (Å²) in [5.74, 6) is 0.503. The lowest BCUT2D eigenvalue weighted by atomic mass is 9.96. The lowest BCUT2D eigenvalue weighted by molar-refractivity contribution is -0.120. The van der Waals surface area contributed by atoms with Gasteiger partial charge in [0.25, 0.3) is 0 Å². The summed E-state index contributed by atoms with van der Waals surface area (Å²) in [6, 6.07) is 0.469. The highest BCUT2D eigenvalue weighted by atomic mass is 16.1. The summed E-state index contributed by atoms with van der Waals surface area (Å²) >= 11 is 0. The zero-order valence-corrected chi connectivity index (χ0v) is 10.7. The van der Waals surface area contributed by atoms with Crippen LogP contribution in [-0.2, 0) is 4.79 Å². The van der Waals surface area contributed by atoms with Crippen LogP contribution in [0.25, 0.3) is 0 Å². The Kier molecular flexibility index (Phi) is 6.43. The van der Waals surface area contributed by atoms with E-state index in [0.717, 1.165) is 0 Å². The van der Waals surface area contributed by atoms with Gasteiger partial charge in [0.2, 0.25) is 5.91 Å². The van der Waals surface area contributed by atoms with Crippen molar-refractivity contribution in [3.05, 3.63) is 0 Å². The van der Waals surface area contributed by atoms with E-state index in [1.807, 2.05) is 6.92 Å². The van der Waals surface area contributed by atoms with E-state index in [4.69, 9.17) is 5.73 Å². The lowest BCUT2D eigenvalue weighted by Crippen LogP contribution is -2.41. The van der Waals surface area contributed by atoms with Crippen molar-refractivity contribution in [1.29, 1.82) is 0 Å². The first kappa shape index (κ1) is 13.8. The fraction of sp³-hybridized carbons (Fsp3) is 0.833. The van der Waals surface area contributed by atoms with Gasteiger partial charge in [-0.05, 0) is 19.8 Å². The number of carbonyl (C=O) groups excluding carboxylic acids is 1. The zero-order valence-electron chi connectivity index (χ0n) is 10.7. The monoisotopic (exact) mass is 240 g/mol. The molecule has 0 aromatic carbocycles. The Balaban J connectivity index is 2.17. The number of hydrogen-bond donors (Lipinski definition) is 3. The van der Waals surface area contributed by atoms with E-state index in [9.17, 15) is 4.79 Å². The van der Waals surface area contributed by atoms with E-state index in [2.05, 4.69) is 15.6 Å². The van der Waals surface area contributed by atoms with Crippen LogP contribution in [0, 0.1) is 0 Å². The molecular weight excluding hydrogens is 216 g/mol. The van der Waals surface area contributed by atoms with E-state index < -0.39 is 0 Å². The Bertz CT molecular complexity index is 259. The highest BCUT2D eigenvalue weighted by molar-refractivity contribution is 5.79. The first-order chi connectivity index (χ1) is 8.22. The van der Waals surface area contributed by atoms with E-state index in [0.29, 0.717) is 31.5 Å². The molecule has 0 aromatic rings. The molecule has 5 nitrogen and oxygen atoms in total. The van der Waals surface area contributed by atoms with Gasteiger partial charge in [0.15, 0.2) is 5.96 Å². The summed E-state index contributed by atoms with van der Waals surface area (Å²) in [5.41, 5.74) is 5.77. The van der Waals surface area contributed by atoms with Crippen LogP contribution >= 0.6 is 0 Å². The van der Waals surface area contributed by atoms with Gasteiger partial charge >= 0.3 is 0 Å². The van der Waals surface area contributed by atoms with Crippen LogP contribution in [0.3, 0.4) is 0 Å². The lowest BCUT2D eigenvalue weighted by Gasteiger charge is -2.23. The summed E-state index contributed by atoms with van der Waals surface area (Å²) in [4.78, 5) is 15.3. The molecule has 1 rings (SSSR count). The average molecular weight is 240 g/mol. The maximum Gasteiger partial charge on any atom is 0.221 e. The fourth-order valence-electron chi connectivity index (χ4n) is 2.07. The third-order valence-corrected chi connectivity index (χ3v) is 2.95. The number of carbonyl (C=O) groups is 1. The topological polar surface area (TPSA) is 79.5 Å². The normalized spacial score (nSPS) is 17.8. The predicted molar refractivity (Wildman–Crippen MR) is 69.8 cm³/mol. The summed E-state index contributed by atoms with van der Waals surface area (Å²) < 4.78 is 0. The number of guanidine groups is 1. The van der Waals surface area contributed by atoms with E-state index >= 15 is 0 Å². The SMILES string of the molecule is CCNC(=O)CCN=C(N)NC1CCCCC1. The zero-order chi connectivity index (χ0) is 12.5. The molecule has 5 heteroatoms. The number of hydrogen-bond acceptors (Lipinski definition) is 2. The van der Waals surface area contributed by atoms with Crippen molar-refractivity contribution < 1.29 is 4.79 Å². The van der Waals surface area contributed by atoms with Crippen LogP contribution in [0.4, 0.5) is 0 Å².